The second-order valence-corrected chi connectivity index (χ2v) is 7.98. The average molecular weight is 431 g/mol. The Labute approximate surface area is 177 Å². The Morgan fingerprint density at radius 1 is 1.20 bits per heavy atom. The van der Waals surface area contributed by atoms with Crippen molar-refractivity contribution in [3.05, 3.63) is 62.3 Å². The molecule has 158 valence electrons. The lowest BCUT2D eigenvalue weighted by Gasteiger charge is -2.17. The summed E-state index contributed by atoms with van der Waals surface area (Å²) >= 11 is 1.20. The fourth-order valence-corrected chi connectivity index (χ4v) is 4.06. The van der Waals surface area contributed by atoms with Gasteiger partial charge in [0.05, 0.1) is 23.5 Å². The van der Waals surface area contributed by atoms with Crippen molar-refractivity contribution < 1.29 is 13.9 Å². The maximum absolute atomic E-state index is 12.9. The normalized spacial score (nSPS) is 10.9. The molecular formula is C21H23FN4O3S. The van der Waals surface area contributed by atoms with Gasteiger partial charge in [-0.1, -0.05) is 0 Å². The number of ether oxygens (including phenoxy) is 1. The van der Waals surface area contributed by atoms with Gasteiger partial charge in [-0.2, -0.15) is 5.10 Å². The van der Waals surface area contributed by atoms with E-state index in [1.807, 2.05) is 13.8 Å². The molecule has 0 radical (unpaired) electrons. The SMILES string of the molecule is Cc1nc(-c2c(C)c(C)nn(C)c2=O)sc1C(=O)N(C)CCOc1ccc(F)cc1. The van der Waals surface area contributed by atoms with Crippen LogP contribution in [-0.4, -0.2) is 45.8 Å². The fourth-order valence-electron chi connectivity index (χ4n) is 2.91. The largest absolute Gasteiger partial charge is 0.492 e. The summed E-state index contributed by atoms with van der Waals surface area (Å²) in [5.41, 5.74) is 2.29. The third-order valence-corrected chi connectivity index (χ3v) is 5.95. The first-order chi connectivity index (χ1) is 14.2. The molecule has 2 heterocycles. The van der Waals surface area contributed by atoms with Crippen LogP contribution in [0.3, 0.4) is 0 Å². The molecule has 1 amide bonds. The van der Waals surface area contributed by atoms with Crippen molar-refractivity contribution in [3.8, 4) is 16.3 Å². The number of hydrogen-bond donors (Lipinski definition) is 0. The van der Waals surface area contributed by atoms with Crippen molar-refractivity contribution >= 4 is 17.2 Å². The average Bonchev–Trinajstić information content (AvgIpc) is 3.08. The minimum Gasteiger partial charge on any atom is -0.492 e. The molecule has 0 spiro atoms. The van der Waals surface area contributed by atoms with Gasteiger partial charge in [-0.25, -0.2) is 14.1 Å². The number of thiazole rings is 1. The first-order valence-corrected chi connectivity index (χ1v) is 10.2. The van der Waals surface area contributed by atoms with Gasteiger partial charge in [-0.15, -0.1) is 11.3 Å². The molecule has 2 aromatic heterocycles. The monoisotopic (exact) mass is 430 g/mol. The number of carbonyl (C=O) groups excluding carboxylic acids is 1. The molecule has 3 aromatic rings. The van der Waals surface area contributed by atoms with Gasteiger partial charge in [0, 0.05) is 14.1 Å². The van der Waals surface area contributed by atoms with E-state index in [0.29, 0.717) is 33.4 Å². The number of likely N-dealkylation sites (N-methyl/N-ethyl adjacent to an activating group) is 1. The lowest BCUT2D eigenvalue weighted by molar-refractivity contribution is 0.0777. The summed E-state index contributed by atoms with van der Waals surface area (Å²) in [6.45, 7) is 6.03. The Morgan fingerprint density at radius 2 is 1.87 bits per heavy atom. The highest BCUT2D eigenvalue weighted by atomic mass is 32.1. The molecule has 1 aromatic carbocycles. The molecule has 0 bridgehead atoms. The maximum Gasteiger partial charge on any atom is 0.277 e. The molecule has 3 rings (SSSR count). The Bertz CT molecular complexity index is 1140. The van der Waals surface area contributed by atoms with Gasteiger partial charge in [0.15, 0.2) is 0 Å². The molecule has 0 saturated carbocycles. The van der Waals surface area contributed by atoms with Crippen molar-refractivity contribution in [2.75, 3.05) is 20.2 Å². The minimum absolute atomic E-state index is 0.195. The second kappa shape index (κ2) is 8.74. The minimum atomic E-state index is -0.333. The summed E-state index contributed by atoms with van der Waals surface area (Å²) in [5, 5.41) is 4.70. The molecule has 0 atom stereocenters. The molecule has 0 N–H and O–H groups in total. The third kappa shape index (κ3) is 4.40. The Morgan fingerprint density at radius 3 is 2.53 bits per heavy atom. The number of hydrogen-bond acceptors (Lipinski definition) is 6. The molecule has 0 fully saturated rings. The molecule has 0 saturated heterocycles. The number of aromatic nitrogens is 3. The Hall–Kier alpha value is -3.07. The van der Waals surface area contributed by atoms with Crippen molar-refractivity contribution in [2.45, 2.75) is 20.8 Å². The van der Waals surface area contributed by atoms with Crippen LogP contribution in [0.5, 0.6) is 5.75 Å². The number of carbonyl (C=O) groups is 1. The van der Waals surface area contributed by atoms with E-state index in [1.54, 1.807) is 21.0 Å². The molecular weight excluding hydrogens is 407 g/mol. The number of halogens is 1. The molecule has 0 aliphatic rings. The highest BCUT2D eigenvalue weighted by Gasteiger charge is 2.23. The number of aryl methyl sites for hydroxylation is 3. The number of amides is 1. The van der Waals surface area contributed by atoms with Crippen molar-refractivity contribution in [3.63, 3.8) is 0 Å². The van der Waals surface area contributed by atoms with E-state index in [2.05, 4.69) is 10.1 Å². The molecule has 30 heavy (non-hydrogen) atoms. The van der Waals surface area contributed by atoms with Crippen LogP contribution in [0, 0.1) is 26.6 Å². The van der Waals surface area contributed by atoms with Crippen molar-refractivity contribution in [1.82, 2.24) is 19.7 Å². The van der Waals surface area contributed by atoms with E-state index in [1.165, 1.54) is 45.2 Å². The quantitative estimate of drug-likeness (QED) is 0.601. The zero-order chi connectivity index (χ0) is 22.0. The lowest BCUT2D eigenvalue weighted by atomic mass is 10.1. The van der Waals surface area contributed by atoms with Gasteiger partial charge in [0.25, 0.3) is 11.5 Å². The van der Waals surface area contributed by atoms with Crippen LogP contribution in [0.2, 0.25) is 0 Å². The van der Waals surface area contributed by atoms with Crippen LogP contribution < -0.4 is 10.3 Å². The lowest BCUT2D eigenvalue weighted by Crippen LogP contribution is -2.30. The highest BCUT2D eigenvalue weighted by molar-refractivity contribution is 7.17. The van der Waals surface area contributed by atoms with Gasteiger partial charge in [-0.3, -0.25) is 9.59 Å². The van der Waals surface area contributed by atoms with E-state index in [-0.39, 0.29) is 23.9 Å². The summed E-state index contributed by atoms with van der Waals surface area (Å²) in [5.74, 6) is 0.00710. The third-order valence-electron chi connectivity index (χ3n) is 4.79. The van der Waals surface area contributed by atoms with Gasteiger partial charge < -0.3 is 9.64 Å². The maximum atomic E-state index is 12.9. The first kappa shape index (κ1) is 21.6. The molecule has 9 heteroatoms. The summed E-state index contributed by atoms with van der Waals surface area (Å²) in [4.78, 5) is 32.0. The van der Waals surface area contributed by atoms with Gasteiger partial charge >= 0.3 is 0 Å². The highest BCUT2D eigenvalue weighted by Crippen LogP contribution is 2.29. The Kier molecular flexibility index (Phi) is 6.31. The van der Waals surface area contributed by atoms with E-state index >= 15 is 0 Å². The van der Waals surface area contributed by atoms with Crippen LogP contribution >= 0.6 is 11.3 Å². The number of rotatable bonds is 6. The second-order valence-electron chi connectivity index (χ2n) is 6.98. The zero-order valence-corrected chi connectivity index (χ0v) is 18.3. The van der Waals surface area contributed by atoms with Gasteiger partial charge in [0.2, 0.25) is 0 Å². The van der Waals surface area contributed by atoms with E-state index in [4.69, 9.17) is 4.74 Å². The van der Waals surface area contributed by atoms with Crippen LogP contribution in [0.1, 0.15) is 26.6 Å². The van der Waals surface area contributed by atoms with E-state index in [9.17, 15) is 14.0 Å². The standard InChI is InChI=1S/C21H23FN4O3S/c1-12-13(2)24-26(5)20(27)17(12)19-23-14(3)18(30-19)21(28)25(4)10-11-29-16-8-6-15(22)7-9-16/h6-9H,10-11H2,1-5H3. The van der Waals surface area contributed by atoms with Crippen LogP contribution in [0.25, 0.3) is 10.6 Å². The zero-order valence-electron chi connectivity index (χ0n) is 17.5. The van der Waals surface area contributed by atoms with Crippen LogP contribution in [0.4, 0.5) is 4.39 Å². The summed E-state index contributed by atoms with van der Waals surface area (Å²) in [6.07, 6.45) is 0. The summed E-state index contributed by atoms with van der Waals surface area (Å²) in [7, 11) is 3.27. The topological polar surface area (TPSA) is 77.3 Å². The van der Waals surface area contributed by atoms with E-state index in [0.717, 1.165) is 11.3 Å². The fraction of sp³-hybridized carbons (Fsp3) is 0.333. The molecule has 0 unspecified atom stereocenters. The first-order valence-electron chi connectivity index (χ1n) is 9.35. The predicted octanol–water partition coefficient (Wildman–Crippen LogP) is 3.12. The Balaban J connectivity index is 1.75. The van der Waals surface area contributed by atoms with Gasteiger partial charge in [0.1, 0.15) is 28.1 Å². The van der Waals surface area contributed by atoms with Crippen molar-refractivity contribution in [2.24, 2.45) is 7.05 Å². The number of benzene rings is 1. The van der Waals surface area contributed by atoms with Crippen molar-refractivity contribution in [1.29, 1.82) is 0 Å². The number of nitrogens with zero attached hydrogens (tertiary/aromatic N) is 4. The predicted molar refractivity (Wildman–Crippen MR) is 114 cm³/mol. The van der Waals surface area contributed by atoms with E-state index < -0.39 is 0 Å². The molecule has 0 aliphatic carbocycles. The summed E-state index contributed by atoms with van der Waals surface area (Å²) < 4.78 is 19.8. The van der Waals surface area contributed by atoms with Gasteiger partial charge in [-0.05, 0) is 50.6 Å². The van der Waals surface area contributed by atoms with Crippen LogP contribution in [-0.2, 0) is 7.05 Å². The molecule has 0 aliphatic heterocycles. The smallest absolute Gasteiger partial charge is 0.277 e. The van der Waals surface area contributed by atoms with Crippen LogP contribution in [0.15, 0.2) is 29.1 Å². The summed E-state index contributed by atoms with van der Waals surface area (Å²) in [6, 6.07) is 5.71. The molecule has 7 nitrogen and oxygen atoms in total.